The number of amides is 1. The van der Waals surface area contributed by atoms with Crippen LogP contribution in [0.5, 0.6) is 5.75 Å². The number of ether oxygens (including phenoxy) is 1. The van der Waals surface area contributed by atoms with Crippen LogP contribution in [0.25, 0.3) is 5.57 Å². The number of nitrogens with zero attached hydrogens (tertiary/aromatic N) is 3. The highest BCUT2D eigenvalue weighted by Gasteiger charge is 2.29. The van der Waals surface area contributed by atoms with E-state index in [0.717, 1.165) is 0 Å². The van der Waals surface area contributed by atoms with E-state index < -0.39 is 5.82 Å². The van der Waals surface area contributed by atoms with Gasteiger partial charge >= 0.3 is 0 Å². The second kappa shape index (κ2) is 8.12. The van der Waals surface area contributed by atoms with Crippen molar-refractivity contribution in [2.75, 3.05) is 26.2 Å². The molecule has 2 aromatic rings. The van der Waals surface area contributed by atoms with Crippen molar-refractivity contribution < 1.29 is 13.9 Å². The number of rotatable bonds is 5. The molecule has 0 radical (unpaired) electrons. The highest BCUT2D eigenvalue weighted by Crippen LogP contribution is 2.28. The van der Waals surface area contributed by atoms with Crippen LogP contribution in [0.1, 0.15) is 27.6 Å². The van der Waals surface area contributed by atoms with E-state index in [0.29, 0.717) is 33.5 Å². The van der Waals surface area contributed by atoms with Gasteiger partial charge in [-0.3, -0.25) is 4.79 Å². The van der Waals surface area contributed by atoms with Crippen molar-refractivity contribution in [2.45, 2.75) is 13.8 Å². The number of nitrogens with two attached hydrogens (primary N) is 2. The minimum atomic E-state index is -0.496. The molecule has 1 aromatic heterocycles. The van der Waals surface area contributed by atoms with Gasteiger partial charge in [0.05, 0.1) is 35.1 Å². The van der Waals surface area contributed by atoms with Crippen LogP contribution < -0.4 is 16.2 Å². The minimum absolute atomic E-state index is 0.150. The number of hydrogen-bond donors (Lipinski definition) is 2. The molecule has 0 unspecified atom stereocenters. The van der Waals surface area contributed by atoms with E-state index in [-0.39, 0.29) is 43.5 Å². The Morgan fingerprint density at radius 2 is 1.96 bits per heavy atom. The molecule has 0 saturated carbocycles. The second-order valence-electron chi connectivity index (χ2n) is 6.47. The lowest BCUT2D eigenvalue weighted by Gasteiger charge is -2.19. The van der Waals surface area contributed by atoms with Gasteiger partial charge in [0.15, 0.2) is 5.82 Å². The fraction of sp³-hybridized carbons (Fsp3) is 0.316. The second-order valence-corrected chi connectivity index (χ2v) is 6.85. The van der Waals surface area contributed by atoms with Crippen molar-refractivity contribution in [1.29, 1.82) is 0 Å². The lowest BCUT2D eigenvalue weighted by Crippen LogP contribution is -2.30. The van der Waals surface area contributed by atoms with Crippen molar-refractivity contribution in [3.8, 4) is 5.75 Å². The maximum Gasteiger partial charge on any atom is 0.258 e. The standard InChI is InChI=1S/C19H21ClFN5O2/c1-10-17(20)11(2)25-18(24-10)14-8-26(9-15(14)23)19(27)13-4-3-12(21)7-16(13)28-6-5-22/h3-4,7H,5-6,8-9,22-23H2,1-2H3. The Morgan fingerprint density at radius 3 is 2.61 bits per heavy atom. The first-order chi connectivity index (χ1) is 13.3. The molecule has 28 heavy (non-hydrogen) atoms. The smallest absolute Gasteiger partial charge is 0.258 e. The summed E-state index contributed by atoms with van der Waals surface area (Å²) in [6, 6.07) is 3.78. The molecule has 1 aliphatic heterocycles. The van der Waals surface area contributed by atoms with Gasteiger partial charge in [-0.05, 0) is 26.0 Å². The van der Waals surface area contributed by atoms with Crippen molar-refractivity contribution >= 4 is 23.1 Å². The Hall–Kier alpha value is -2.71. The average Bonchev–Trinajstić information content (AvgIpc) is 3.05. The van der Waals surface area contributed by atoms with E-state index in [1.54, 1.807) is 13.8 Å². The Balaban J connectivity index is 1.86. The van der Waals surface area contributed by atoms with E-state index in [2.05, 4.69) is 9.97 Å². The maximum atomic E-state index is 13.6. The molecule has 0 aliphatic carbocycles. The molecule has 0 saturated heterocycles. The summed E-state index contributed by atoms with van der Waals surface area (Å²) in [5.74, 6) is -0.223. The van der Waals surface area contributed by atoms with Crippen LogP contribution in [0.2, 0.25) is 5.02 Å². The van der Waals surface area contributed by atoms with E-state index in [9.17, 15) is 9.18 Å². The number of benzene rings is 1. The quantitative estimate of drug-likeness (QED) is 0.788. The number of hydrogen-bond acceptors (Lipinski definition) is 6. The lowest BCUT2D eigenvalue weighted by molar-refractivity contribution is 0.0794. The van der Waals surface area contributed by atoms with Gasteiger partial charge in [-0.1, -0.05) is 11.6 Å². The third-order valence-electron chi connectivity index (χ3n) is 4.39. The lowest BCUT2D eigenvalue weighted by atomic mass is 10.1. The summed E-state index contributed by atoms with van der Waals surface area (Å²) in [6.45, 7) is 4.44. The van der Waals surface area contributed by atoms with Crippen molar-refractivity contribution in [1.82, 2.24) is 14.9 Å². The van der Waals surface area contributed by atoms with Crippen LogP contribution in [0.4, 0.5) is 4.39 Å². The Morgan fingerprint density at radius 1 is 1.29 bits per heavy atom. The first-order valence-electron chi connectivity index (χ1n) is 8.72. The Bertz CT molecular complexity index is 940. The van der Waals surface area contributed by atoms with Crippen molar-refractivity contribution in [3.63, 3.8) is 0 Å². The summed E-state index contributed by atoms with van der Waals surface area (Å²) >= 11 is 6.13. The van der Waals surface area contributed by atoms with Gasteiger partial charge < -0.3 is 21.1 Å². The van der Waals surface area contributed by atoms with E-state index in [1.807, 2.05) is 0 Å². The molecule has 7 nitrogen and oxygen atoms in total. The van der Waals surface area contributed by atoms with Crippen LogP contribution in [-0.2, 0) is 0 Å². The summed E-state index contributed by atoms with van der Waals surface area (Å²) in [5, 5.41) is 0.502. The van der Waals surface area contributed by atoms with E-state index in [1.165, 1.54) is 23.1 Å². The summed E-state index contributed by atoms with van der Waals surface area (Å²) in [6.07, 6.45) is 0. The molecular formula is C19H21ClFN5O2. The van der Waals surface area contributed by atoms with Crippen LogP contribution in [0.3, 0.4) is 0 Å². The van der Waals surface area contributed by atoms with Crippen molar-refractivity contribution in [2.24, 2.45) is 11.5 Å². The Labute approximate surface area is 167 Å². The molecule has 0 fully saturated rings. The molecule has 1 amide bonds. The predicted molar refractivity (Wildman–Crippen MR) is 104 cm³/mol. The maximum absolute atomic E-state index is 13.6. The minimum Gasteiger partial charge on any atom is -0.491 e. The zero-order valence-corrected chi connectivity index (χ0v) is 16.4. The van der Waals surface area contributed by atoms with Gasteiger partial charge in [-0.2, -0.15) is 0 Å². The summed E-state index contributed by atoms with van der Waals surface area (Å²) in [7, 11) is 0. The SMILES string of the molecule is Cc1nc(C2=C(N)CN(C(=O)c3ccc(F)cc3OCCN)C2)nc(C)c1Cl. The van der Waals surface area contributed by atoms with E-state index in [4.69, 9.17) is 27.8 Å². The molecule has 2 heterocycles. The third-order valence-corrected chi connectivity index (χ3v) is 4.93. The zero-order valence-electron chi connectivity index (χ0n) is 15.6. The molecule has 0 bridgehead atoms. The Kier molecular flexibility index (Phi) is 5.81. The van der Waals surface area contributed by atoms with Gasteiger partial charge in [-0.15, -0.1) is 0 Å². The molecule has 3 rings (SSSR count). The number of carbonyl (C=O) groups excluding carboxylic acids is 1. The molecule has 9 heteroatoms. The monoisotopic (exact) mass is 405 g/mol. The highest BCUT2D eigenvalue weighted by molar-refractivity contribution is 6.31. The molecule has 0 atom stereocenters. The molecular weight excluding hydrogens is 385 g/mol. The zero-order chi connectivity index (χ0) is 20.4. The first kappa shape index (κ1) is 20.0. The summed E-state index contributed by atoms with van der Waals surface area (Å²) < 4.78 is 19.0. The fourth-order valence-electron chi connectivity index (χ4n) is 2.98. The predicted octanol–water partition coefficient (Wildman–Crippen LogP) is 2.05. The normalized spacial score (nSPS) is 14.0. The third kappa shape index (κ3) is 3.93. The van der Waals surface area contributed by atoms with E-state index >= 15 is 0 Å². The number of halogens is 2. The van der Waals surface area contributed by atoms with Crippen LogP contribution in [0, 0.1) is 19.7 Å². The van der Waals surface area contributed by atoms with Crippen LogP contribution in [0.15, 0.2) is 23.9 Å². The number of carbonyl (C=O) groups is 1. The van der Waals surface area contributed by atoms with Crippen LogP contribution >= 0.6 is 11.6 Å². The van der Waals surface area contributed by atoms with Gasteiger partial charge in [0.2, 0.25) is 0 Å². The largest absolute Gasteiger partial charge is 0.491 e. The topological polar surface area (TPSA) is 107 Å². The molecule has 1 aromatic carbocycles. The number of aryl methyl sites for hydroxylation is 2. The van der Waals surface area contributed by atoms with Gasteiger partial charge in [0.1, 0.15) is 18.2 Å². The molecule has 1 aliphatic rings. The van der Waals surface area contributed by atoms with Gasteiger partial charge in [0.25, 0.3) is 5.91 Å². The first-order valence-corrected chi connectivity index (χ1v) is 9.10. The summed E-state index contributed by atoms with van der Waals surface area (Å²) in [5.41, 5.74) is 14.3. The highest BCUT2D eigenvalue weighted by atomic mass is 35.5. The van der Waals surface area contributed by atoms with Gasteiger partial charge in [0, 0.05) is 23.9 Å². The van der Waals surface area contributed by atoms with Crippen molar-refractivity contribution in [3.05, 3.63) is 57.5 Å². The summed E-state index contributed by atoms with van der Waals surface area (Å²) in [4.78, 5) is 23.3. The molecule has 0 spiro atoms. The average molecular weight is 406 g/mol. The number of aromatic nitrogens is 2. The van der Waals surface area contributed by atoms with Crippen LogP contribution in [-0.4, -0.2) is 47.0 Å². The fourth-order valence-corrected chi connectivity index (χ4v) is 3.06. The molecule has 148 valence electrons. The molecule has 4 N–H and O–H groups in total. The van der Waals surface area contributed by atoms with Gasteiger partial charge in [-0.25, -0.2) is 14.4 Å².